The van der Waals surface area contributed by atoms with Crippen LogP contribution in [0.3, 0.4) is 0 Å². The zero-order chi connectivity index (χ0) is 56.6. The van der Waals surface area contributed by atoms with Crippen LogP contribution in [0.5, 0.6) is 0 Å². The predicted octanol–water partition coefficient (Wildman–Crippen LogP) is 11.7. The largest absolute Gasteiger partial charge is 0.374 e. The van der Waals surface area contributed by atoms with Crippen LogP contribution in [-0.2, 0) is 98.2 Å². The Balaban J connectivity index is 1.17. The summed E-state index contributed by atoms with van der Waals surface area (Å²) in [7, 11) is -4.48. The quantitative estimate of drug-likeness (QED) is 0.0305. The van der Waals surface area contributed by atoms with Gasteiger partial charge in [0.2, 0.25) is 0 Å². The Hall–Kier alpha value is -5.17. The number of hydrogen-bond donors (Lipinski definition) is 2. The average molecular weight is 1180 g/mol. The first kappa shape index (κ1) is 61.4. The van der Waals surface area contributed by atoms with Gasteiger partial charge in [0.05, 0.1) is 59.5 Å². The van der Waals surface area contributed by atoms with Crippen molar-refractivity contribution >= 4 is 30.9 Å². The van der Waals surface area contributed by atoms with E-state index in [0.29, 0.717) is 6.61 Å². The smallest absolute Gasteiger partial charge is 0.343 e. The molecule has 14 nitrogen and oxygen atoms in total. The van der Waals surface area contributed by atoms with Crippen LogP contribution in [0.1, 0.15) is 38.9 Å². The summed E-state index contributed by atoms with van der Waals surface area (Å²) >= 11 is 12.7. The lowest BCUT2D eigenvalue weighted by atomic mass is 9.95. The molecule has 434 valence electrons. The van der Waals surface area contributed by atoms with Gasteiger partial charge in [-0.05, 0) is 38.9 Å². The van der Waals surface area contributed by atoms with Crippen LogP contribution in [0, 0.1) is 0 Å². The van der Waals surface area contributed by atoms with Crippen LogP contribution in [-0.4, -0.2) is 109 Å². The second-order valence-electron chi connectivity index (χ2n) is 20.0. The molecule has 2 N–H and O–H groups in total. The number of benzene rings is 7. The van der Waals surface area contributed by atoms with Crippen molar-refractivity contribution < 1.29 is 56.8 Å². The maximum absolute atomic E-state index is 14.7. The standard InChI is InChI=1S/C65H73Cl2N2O12P/c66-36-38-68-82(70,71)69(39-37-67)64-62(77-45-54-32-18-6-19-33-54)61(76-44-53-30-16-5-17-31-53)59(57(79-64)48-73-41-50-24-10-2-11-25-50)81-65-63(78-46-55-34-20-7-21-35-55)60(75-43-52-28-14-4-15-29-52)58(74-42-51-26-12-3-13-27-51)56(80-65)47-72-40-49-22-8-1-9-23-49/h1-35,56-65H,36-48H2,(H2,68,70,71)/t56-,57-,58-,59-,60+,61+,62-,63-,64?,65+/m1/s1. The Morgan fingerprint density at radius 2 is 0.744 bits per heavy atom. The molecule has 0 aromatic heterocycles. The van der Waals surface area contributed by atoms with Crippen LogP contribution in [0.25, 0.3) is 0 Å². The molecule has 7 aromatic rings. The van der Waals surface area contributed by atoms with Crippen molar-refractivity contribution in [1.82, 2.24) is 9.76 Å². The zero-order valence-corrected chi connectivity index (χ0v) is 48.2. The van der Waals surface area contributed by atoms with E-state index in [1.807, 2.05) is 212 Å². The van der Waals surface area contributed by atoms with Crippen molar-refractivity contribution in [3.8, 4) is 0 Å². The molecule has 0 saturated carbocycles. The van der Waals surface area contributed by atoms with Crippen LogP contribution in [0.4, 0.5) is 0 Å². The van der Waals surface area contributed by atoms with E-state index in [9.17, 15) is 9.46 Å². The van der Waals surface area contributed by atoms with Gasteiger partial charge in [-0.2, -0.15) is 4.67 Å². The molecule has 0 spiro atoms. The second kappa shape index (κ2) is 32.8. The van der Waals surface area contributed by atoms with Crippen LogP contribution in [0.2, 0.25) is 0 Å². The summed E-state index contributed by atoms with van der Waals surface area (Å²) in [4.78, 5) is 12.0. The minimum atomic E-state index is -4.48. The normalized spacial score (nSPS) is 23.6. The molecule has 2 aliphatic heterocycles. The van der Waals surface area contributed by atoms with Crippen LogP contribution in [0.15, 0.2) is 212 Å². The fourth-order valence-electron chi connectivity index (χ4n) is 10.00. The van der Waals surface area contributed by atoms with E-state index in [2.05, 4.69) is 5.09 Å². The molecule has 2 heterocycles. The number of alkyl halides is 2. The number of hydrogen-bond acceptors (Lipinski definition) is 11. The number of nitrogens with one attached hydrogen (secondary N) is 1. The summed E-state index contributed by atoms with van der Waals surface area (Å²) < 4.78 is 86.8. The minimum absolute atomic E-state index is 0.0167. The van der Waals surface area contributed by atoms with Gasteiger partial charge in [-0.25, -0.2) is 5.09 Å². The minimum Gasteiger partial charge on any atom is -0.374 e. The molecule has 2 fully saturated rings. The fourth-order valence-corrected chi connectivity index (χ4v) is 12.0. The average Bonchev–Trinajstić information content (AvgIpc) is 3.33. The van der Waals surface area contributed by atoms with Crippen molar-refractivity contribution in [1.29, 1.82) is 0 Å². The first-order valence-electron chi connectivity index (χ1n) is 27.8. The first-order chi connectivity index (χ1) is 40.3. The Morgan fingerprint density at radius 1 is 0.415 bits per heavy atom. The highest BCUT2D eigenvalue weighted by molar-refractivity contribution is 7.53. The van der Waals surface area contributed by atoms with Gasteiger partial charge in [0, 0.05) is 24.8 Å². The van der Waals surface area contributed by atoms with E-state index in [4.69, 9.17) is 70.6 Å². The monoisotopic (exact) mass is 1170 g/mol. The molecule has 11 atom stereocenters. The number of nitrogens with zero attached hydrogens (tertiary/aromatic N) is 1. The molecule has 0 radical (unpaired) electrons. The van der Waals surface area contributed by atoms with E-state index in [-0.39, 0.29) is 77.7 Å². The highest BCUT2D eigenvalue weighted by Crippen LogP contribution is 2.47. The SMILES string of the molecule is O=P(O)(NCCCl)N(CCCl)C1O[C@H](COCc2ccccc2)[C@@H](O[C@@H]2O[C@H](COCc3ccccc3)[C@@H](OCc3ccccc3)[C@H](OCc3ccccc3)[C@H]2OCc2ccccc2)[C@H](OCc2ccccc2)[C@H]1OCc1ccccc1. The molecule has 0 bridgehead atoms. The third-order valence-corrected chi connectivity index (χ3v) is 16.2. The Labute approximate surface area is 491 Å². The lowest BCUT2D eigenvalue weighted by Gasteiger charge is -2.52. The molecule has 2 saturated heterocycles. The third-order valence-electron chi connectivity index (χ3n) is 14.1. The van der Waals surface area contributed by atoms with Crippen LogP contribution >= 0.6 is 30.9 Å². The van der Waals surface area contributed by atoms with Crippen molar-refractivity contribution in [2.45, 2.75) is 108 Å². The number of halogens is 2. The third kappa shape index (κ3) is 18.2. The van der Waals surface area contributed by atoms with E-state index >= 15 is 0 Å². The topological polar surface area (TPSA) is 145 Å². The predicted molar refractivity (Wildman–Crippen MR) is 315 cm³/mol. The molecule has 2 aliphatic rings. The summed E-state index contributed by atoms with van der Waals surface area (Å²) in [6, 6.07) is 68.9. The highest BCUT2D eigenvalue weighted by Gasteiger charge is 2.56. The van der Waals surface area contributed by atoms with Gasteiger partial charge in [0.15, 0.2) is 6.29 Å². The molecular weight excluding hydrogens is 1100 g/mol. The molecule has 7 aromatic carbocycles. The molecule has 2 unspecified atom stereocenters. The van der Waals surface area contributed by atoms with Gasteiger partial charge in [0.25, 0.3) is 0 Å². The maximum atomic E-state index is 14.7. The molecule has 0 aliphatic carbocycles. The zero-order valence-electron chi connectivity index (χ0n) is 45.8. The van der Waals surface area contributed by atoms with Gasteiger partial charge in [-0.15, -0.1) is 23.2 Å². The van der Waals surface area contributed by atoms with E-state index in [1.165, 1.54) is 4.67 Å². The van der Waals surface area contributed by atoms with Crippen molar-refractivity contribution in [2.75, 3.05) is 38.1 Å². The summed E-state index contributed by atoms with van der Waals surface area (Å²) in [6.45, 7) is 1.16. The molecule has 0 amide bonds. The summed E-state index contributed by atoms with van der Waals surface area (Å²) in [5.41, 5.74) is 6.40. The lowest BCUT2D eigenvalue weighted by molar-refractivity contribution is -0.367. The summed E-state index contributed by atoms with van der Waals surface area (Å²) in [5.74, 6) is 0.0275. The van der Waals surface area contributed by atoms with Crippen molar-refractivity contribution in [3.63, 3.8) is 0 Å². The van der Waals surface area contributed by atoms with Crippen LogP contribution < -0.4 is 5.09 Å². The van der Waals surface area contributed by atoms with Crippen molar-refractivity contribution in [3.05, 3.63) is 251 Å². The fraction of sp³-hybridized carbons (Fsp3) is 0.354. The maximum Gasteiger partial charge on any atom is 0.343 e. The second-order valence-corrected chi connectivity index (χ2v) is 22.7. The lowest BCUT2D eigenvalue weighted by Crippen LogP contribution is -2.68. The molecule has 17 heteroatoms. The van der Waals surface area contributed by atoms with E-state index in [1.54, 1.807) is 0 Å². The van der Waals surface area contributed by atoms with Gasteiger partial charge < -0.3 is 52.3 Å². The number of ether oxygens (including phenoxy) is 10. The summed E-state index contributed by atoms with van der Waals surface area (Å²) in [6.07, 6.45) is -10.2. The Morgan fingerprint density at radius 3 is 1.12 bits per heavy atom. The molecule has 82 heavy (non-hydrogen) atoms. The van der Waals surface area contributed by atoms with E-state index in [0.717, 1.165) is 38.9 Å². The van der Waals surface area contributed by atoms with Gasteiger partial charge in [0.1, 0.15) is 55.1 Å². The summed E-state index contributed by atoms with van der Waals surface area (Å²) in [5, 5.41) is 2.77. The highest BCUT2D eigenvalue weighted by atomic mass is 35.5. The molecular formula is C65H73Cl2N2O12P. The number of rotatable bonds is 32. The van der Waals surface area contributed by atoms with Gasteiger partial charge in [-0.3, -0.25) is 4.57 Å². The first-order valence-corrected chi connectivity index (χ1v) is 30.5. The van der Waals surface area contributed by atoms with Gasteiger partial charge >= 0.3 is 7.67 Å². The molecule has 9 rings (SSSR count). The van der Waals surface area contributed by atoms with Crippen molar-refractivity contribution in [2.24, 2.45) is 0 Å². The Bertz CT molecular complexity index is 2900. The Kier molecular flexibility index (Phi) is 24.5. The van der Waals surface area contributed by atoms with E-state index < -0.39 is 69.0 Å². The van der Waals surface area contributed by atoms with Gasteiger partial charge in [-0.1, -0.05) is 212 Å².